The molecule has 1 saturated carbocycles. The number of benzene rings is 1. The number of piperidine rings is 1. The molecule has 1 heterocycles. The van der Waals surface area contributed by atoms with Crippen molar-refractivity contribution >= 4 is 17.3 Å². The number of hydrogen-bond donors (Lipinski definition) is 0. The van der Waals surface area contributed by atoms with E-state index in [9.17, 15) is 4.39 Å². The Bertz CT molecular complexity index is 448. The fraction of sp³-hybridized carbons (Fsp3) is 0.625. The van der Waals surface area contributed by atoms with Crippen molar-refractivity contribution < 1.29 is 4.39 Å². The molecule has 19 heavy (non-hydrogen) atoms. The molecule has 104 valence electrons. The maximum atomic E-state index is 13.8. The van der Waals surface area contributed by atoms with Crippen LogP contribution in [0.4, 0.5) is 10.1 Å². The number of rotatable bonds is 2. The predicted molar refractivity (Wildman–Crippen MR) is 78.2 cm³/mol. The molecule has 1 aliphatic carbocycles. The third-order valence-corrected chi connectivity index (χ3v) is 5.13. The van der Waals surface area contributed by atoms with Gasteiger partial charge in [0.2, 0.25) is 0 Å². The van der Waals surface area contributed by atoms with Crippen molar-refractivity contribution in [3.8, 4) is 0 Å². The van der Waals surface area contributed by atoms with Gasteiger partial charge in [-0.05, 0) is 36.8 Å². The second-order valence-electron chi connectivity index (χ2n) is 5.91. The van der Waals surface area contributed by atoms with Crippen LogP contribution < -0.4 is 4.90 Å². The number of halogens is 2. The van der Waals surface area contributed by atoms with Gasteiger partial charge >= 0.3 is 0 Å². The highest BCUT2D eigenvalue weighted by molar-refractivity contribution is 6.17. The zero-order chi connectivity index (χ0) is 13.2. The standard InChI is InChI=1S/C16H21ClFN/c17-10-14-15(18)6-3-7-16(14)19-9-8-12-4-1-2-5-13(12)11-19/h3,6-7,12-13H,1-2,4-5,8-11H2. The van der Waals surface area contributed by atoms with Crippen molar-refractivity contribution in [1.29, 1.82) is 0 Å². The summed E-state index contributed by atoms with van der Waals surface area (Å²) in [5.41, 5.74) is 1.68. The quantitative estimate of drug-likeness (QED) is 0.717. The summed E-state index contributed by atoms with van der Waals surface area (Å²) in [4.78, 5) is 2.35. The molecule has 0 amide bonds. The van der Waals surface area contributed by atoms with Gasteiger partial charge in [-0.15, -0.1) is 11.6 Å². The molecule has 0 bridgehead atoms. The van der Waals surface area contributed by atoms with Crippen LogP contribution in [-0.2, 0) is 5.88 Å². The highest BCUT2D eigenvalue weighted by Gasteiger charge is 2.31. The lowest BCUT2D eigenvalue weighted by Crippen LogP contribution is -2.42. The van der Waals surface area contributed by atoms with E-state index in [0.717, 1.165) is 30.6 Å². The summed E-state index contributed by atoms with van der Waals surface area (Å²) in [7, 11) is 0. The zero-order valence-corrected chi connectivity index (χ0v) is 12.0. The van der Waals surface area contributed by atoms with E-state index in [2.05, 4.69) is 4.90 Å². The third-order valence-electron chi connectivity index (χ3n) is 4.86. The maximum absolute atomic E-state index is 13.8. The molecule has 0 radical (unpaired) electrons. The molecular weight excluding hydrogens is 261 g/mol. The Morgan fingerprint density at radius 2 is 1.95 bits per heavy atom. The van der Waals surface area contributed by atoms with Crippen LogP contribution in [0.1, 0.15) is 37.7 Å². The van der Waals surface area contributed by atoms with Crippen molar-refractivity contribution in [1.82, 2.24) is 0 Å². The summed E-state index contributed by atoms with van der Waals surface area (Å²) in [6.07, 6.45) is 6.74. The molecule has 2 unspecified atom stereocenters. The molecule has 3 heteroatoms. The van der Waals surface area contributed by atoms with Crippen molar-refractivity contribution in [2.75, 3.05) is 18.0 Å². The van der Waals surface area contributed by atoms with Crippen LogP contribution in [-0.4, -0.2) is 13.1 Å². The Morgan fingerprint density at radius 3 is 2.74 bits per heavy atom. The minimum Gasteiger partial charge on any atom is -0.371 e. The SMILES string of the molecule is Fc1cccc(N2CCC3CCCCC3C2)c1CCl. The summed E-state index contributed by atoms with van der Waals surface area (Å²) >= 11 is 5.93. The summed E-state index contributed by atoms with van der Waals surface area (Å²) in [6, 6.07) is 5.33. The highest BCUT2D eigenvalue weighted by atomic mass is 35.5. The molecule has 0 spiro atoms. The molecule has 1 aromatic rings. The van der Waals surface area contributed by atoms with Gasteiger partial charge < -0.3 is 4.90 Å². The van der Waals surface area contributed by atoms with Gasteiger partial charge in [-0.2, -0.15) is 0 Å². The molecule has 1 nitrogen and oxygen atoms in total. The molecular formula is C16H21ClFN. The number of fused-ring (bicyclic) bond motifs is 1. The van der Waals surface area contributed by atoms with E-state index in [1.165, 1.54) is 38.2 Å². The van der Waals surface area contributed by atoms with Gasteiger partial charge in [-0.3, -0.25) is 0 Å². The number of nitrogens with zero attached hydrogens (tertiary/aromatic N) is 1. The topological polar surface area (TPSA) is 3.24 Å². The van der Waals surface area contributed by atoms with Crippen LogP contribution >= 0.6 is 11.6 Å². The Labute approximate surface area is 119 Å². The van der Waals surface area contributed by atoms with Crippen LogP contribution in [0.2, 0.25) is 0 Å². The zero-order valence-electron chi connectivity index (χ0n) is 11.2. The minimum absolute atomic E-state index is 0.168. The first kappa shape index (κ1) is 13.2. The van der Waals surface area contributed by atoms with Crippen molar-refractivity contribution in [2.45, 2.75) is 38.0 Å². The maximum Gasteiger partial charge on any atom is 0.129 e. The van der Waals surface area contributed by atoms with Gasteiger partial charge in [0.05, 0.1) is 5.88 Å². The molecule has 1 aliphatic heterocycles. The Hall–Kier alpha value is -0.760. The Kier molecular flexibility index (Phi) is 3.97. The lowest BCUT2D eigenvalue weighted by molar-refractivity contribution is 0.202. The van der Waals surface area contributed by atoms with E-state index < -0.39 is 0 Å². The Morgan fingerprint density at radius 1 is 1.16 bits per heavy atom. The number of hydrogen-bond acceptors (Lipinski definition) is 1. The van der Waals surface area contributed by atoms with Crippen LogP contribution in [0.5, 0.6) is 0 Å². The van der Waals surface area contributed by atoms with E-state index >= 15 is 0 Å². The molecule has 2 aliphatic rings. The second kappa shape index (κ2) is 5.70. The first-order valence-electron chi connectivity index (χ1n) is 7.38. The smallest absolute Gasteiger partial charge is 0.129 e. The predicted octanol–water partition coefficient (Wildman–Crippen LogP) is 4.58. The summed E-state index contributed by atoms with van der Waals surface area (Å²) < 4.78 is 13.8. The van der Waals surface area contributed by atoms with Crippen LogP contribution in [0.15, 0.2) is 18.2 Å². The van der Waals surface area contributed by atoms with Crippen molar-refractivity contribution in [2.24, 2.45) is 11.8 Å². The summed E-state index contributed by atoms with van der Waals surface area (Å²) in [5.74, 6) is 1.79. The third kappa shape index (κ3) is 2.60. The van der Waals surface area contributed by atoms with Gasteiger partial charge in [0.25, 0.3) is 0 Å². The molecule has 2 atom stereocenters. The van der Waals surface area contributed by atoms with Crippen LogP contribution in [0.25, 0.3) is 0 Å². The van der Waals surface area contributed by atoms with Gasteiger partial charge in [0, 0.05) is 24.3 Å². The van der Waals surface area contributed by atoms with Gasteiger partial charge in [-0.25, -0.2) is 4.39 Å². The summed E-state index contributed by atoms with van der Waals surface area (Å²) in [5, 5.41) is 0. The van der Waals surface area contributed by atoms with Crippen LogP contribution in [0.3, 0.4) is 0 Å². The molecule has 1 saturated heterocycles. The molecule has 0 N–H and O–H groups in total. The highest BCUT2D eigenvalue weighted by Crippen LogP contribution is 2.38. The van der Waals surface area contributed by atoms with E-state index in [1.54, 1.807) is 6.07 Å². The first-order valence-corrected chi connectivity index (χ1v) is 7.91. The van der Waals surface area contributed by atoms with Gasteiger partial charge in [-0.1, -0.05) is 25.3 Å². The van der Waals surface area contributed by atoms with Gasteiger partial charge in [0.15, 0.2) is 0 Å². The van der Waals surface area contributed by atoms with E-state index in [-0.39, 0.29) is 11.7 Å². The van der Waals surface area contributed by atoms with Crippen molar-refractivity contribution in [3.05, 3.63) is 29.6 Å². The summed E-state index contributed by atoms with van der Waals surface area (Å²) in [6.45, 7) is 2.13. The number of alkyl halides is 1. The molecule has 1 aromatic carbocycles. The molecule has 0 aromatic heterocycles. The number of anilines is 1. The largest absolute Gasteiger partial charge is 0.371 e. The molecule has 3 rings (SSSR count). The average Bonchev–Trinajstić information content (AvgIpc) is 2.46. The normalized spacial score (nSPS) is 27.2. The second-order valence-corrected chi connectivity index (χ2v) is 6.18. The lowest BCUT2D eigenvalue weighted by Gasteiger charge is -2.42. The minimum atomic E-state index is -0.168. The first-order chi connectivity index (χ1) is 9.29. The van der Waals surface area contributed by atoms with E-state index in [0.29, 0.717) is 5.56 Å². The fourth-order valence-electron chi connectivity index (χ4n) is 3.80. The lowest BCUT2D eigenvalue weighted by atomic mass is 9.75. The van der Waals surface area contributed by atoms with Crippen molar-refractivity contribution in [3.63, 3.8) is 0 Å². The van der Waals surface area contributed by atoms with E-state index in [4.69, 9.17) is 11.6 Å². The van der Waals surface area contributed by atoms with Gasteiger partial charge in [0.1, 0.15) is 5.82 Å². The molecule has 2 fully saturated rings. The van der Waals surface area contributed by atoms with E-state index in [1.807, 2.05) is 6.07 Å². The Balaban J connectivity index is 1.81. The van der Waals surface area contributed by atoms with Crippen LogP contribution in [0, 0.1) is 17.7 Å². The monoisotopic (exact) mass is 281 g/mol. The fourth-order valence-corrected chi connectivity index (χ4v) is 4.06. The average molecular weight is 282 g/mol.